The SMILES string of the molecule is COc1ccc([CH]CNC(=O)/C=C/c2ccccc2O[Si](C)(C)C(C)(C)C)cc1OC. The first kappa shape index (κ1) is 24.5. The van der Waals surface area contributed by atoms with Gasteiger partial charge in [-0.2, -0.15) is 0 Å². The van der Waals surface area contributed by atoms with Crippen LogP contribution in [0.15, 0.2) is 48.5 Å². The van der Waals surface area contributed by atoms with Crippen LogP contribution in [0.25, 0.3) is 6.08 Å². The van der Waals surface area contributed by atoms with Crippen LogP contribution in [-0.2, 0) is 4.79 Å². The third kappa shape index (κ3) is 6.89. The zero-order valence-electron chi connectivity index (χ0n) is 19.6. The lowest BCUT2D eigenvalue weighted by atomic mass is 10.1. The van der Waals surface area contributed by atoms with Crippen LogP contribution in [0.5, 0.6) is 17.2 Å². The van der Waals surface area contributed by atoms with Gasteiger partial charge in [0.1, 0.15) is 5.75 Å². The Bertz CT molecular complexity index is 916. The smallest absolute Gasteiger partial charge is 0.250 e. The van der Waals surface area contributed by atoms with Crippen molar-refractivity contribution < 1.29 is 18.7 Å². The molecule has 5 nitrogen and oxygen atoms in total. The molecule has 1 radical (unpaired) electrons. The van der Waals surface area contributed by atoms with Crippen molar-refractivity contribution in [3.8, 4) is 17.2 Å². The number of hydrogen-bond donors (Lipinski definition) is 1. The number of methoxy groups -OCH3 is 2. The second-order valence-corrected chi connectivity index (χ2v) is 13.5. The van der Waals surface area contributed by atoms with Crippen LogP contribution < -0.4 is 19.2 Å². The highest BCUT2D eigenvalue weighted by Crippen LogP contribution is 2.38. The molecule has 167 valence electrons. The van der Waals surface area contributed by atoms with Crippen LogP contribution in [0.4, 0.5) is 0 Å². The molecule has 31 heavy (non-hydrogen) atoms. The van der Waals surface area contributed by atoms with Gasteiger partial charge in [0.2, 0.25) is 5.91 Å². The summed E-state index contributed by atoms with van der Waals surface area (Å²) < 4.78 is 17.0. The summed E-state index contributed by atoms with van der Waals surface area (Å²) in [6.45, 7) is 11.5. The lowest BCUT2D eigenvalue weighted by Crippen LogP contribution is -2.44. The van der Waals surface area contributed by atoms with Gasteiger partial charge < -0.3 is 19.2 Å². The standard InChI is InChI=1S/C25H34NO4Si/c1-25(2,3)31(6,7)30-21-11-9-8-10-20(21)13-15-24(27)26-17-16-19-12-14-22(28-4)23(18-19)29-5/h8-16,18H,17H2,1-7H3,(H,26,27)/b15-13+. The van der Waals surface area contributed by atoms with Gasteiger partial charge in [-0.1, -0.05) is 45.0 Å². The van der Waals surface area contributed by atoms with Crippen LogP contribution in [0.2, 0.25) is 18.1 Å². The molecule has 0 saturated heterocycles. The van der Waals surface area contributed by atoms with E-state index < -0.39 is 8.32 Å². The molecule has 6 heteroatoms. The van der Waals surface area contributed by atoms with Gasteiger partial charge in [0.05, 0.1) is 14.2 Å². The zero-order valence-corrected chi connectivity index (χ0v) is 20.6. The molecular formula is C25H34NO4Si. The molecule has 1 N–H and O–H groups in total. The minimum Gasteiger partial charge on any atom is -0.543 e. The molecular weight excluding hydrogens is 406 g/mol. The lowest BCUT2D eigenvalue weighted by molar-refractivity contribution is -0.116. The van der Waals surface area contributed by atoms with Gasteiger partial charge in [-0.05, 0) is 48.0 Å². The van der Waals surface area contributed by atoms with Gasteiger partial charge in [-0.25, -0.2) is 0 Å². The average molecular weight is 441 g/mol. The molecule has 0 aliphatic carbocycles. The summed E-state index contributed by atoms with van der Waals surface area (Å²) in [4.78, 5) is 12.3. The number of ether oxygens (including phenoxy) is 2. The van der Waals surface area contributed by atoms with Gasteiger partial charge in [0, 0.05) is 24.6 Å². The summed E-state index contributed by atoms with van der Waals surface area (Å²) in [5.74, 6) is 1.97. The lowest BCUT2D eigenvalue weighted by Gasteiger charge is -2.36. The van der Waals surface area contributed by atoms with Crippen LogP contribution in [-0.4, -0.2) is 35.0 Å². The van der Waals surface area contributed by atoms with E-state index in [1.807, 2.05) is 48.9 Å². The third-order valence-corrected chi connectivity index (χ3v) is 9.87. The number of nitrogens with one attached hydrogen (secondary N) is 1. The molecule has 0 heterocycles. The Balaban J connectivity index is 1.97. The topological polar surface area (TPSA) is 56.8 Å². The van der Waals surface area contributed by atoms with Gasteiger partial charge >= 0.3 is 0 Å². The molecule has 0 spiro atoms. The molecule has 0 unspecified atom stereocenters. The second kappa shape index (κ2) is 10.5. The predicted octanol–water partition coefficient (Wildman–Crippen LogP) is 5.47. The quantitative estimate of drug-likeness (QED) is 0.415. The minimum atomic E-state index is -1.97. The Hall–Kier alpha value is -2.73. The largest absolute Gasteiger partial charge is 0.543 e. The fourth-order valence-corrected chi connectivity index (χ4v) is 3.65. The molecule has 2 aromatic rings. The van der Waals surface area contributed by atoms with Crippen molar-refractivity contribution in [1.82, 2.24) is 5.32 Å². The molecule has 2 rings (SSSR count). The Kier molecular flexibility index (Phi) is 8.33. The number of hydrogen-bond acceptors (Lipinski definition) is 4. The molecule has 0 aliphatic heterocycles. The van der Waals surface area contributed by atoms with Gasteiger partial charge in [0.15, 0.2) is 11.5 Å². The van der Waals surface area contributed by atoms with Crippen molar-refractivity contribution in [2.75, 3.05) is 20.8 Å². The van der Waals surface area contributed by atoms with E-state index in [2.05, 4.69) is 39.2 Å². The molecule has 0 atom stereocenters. The molecule has 0 fully saturated rings. The fourth-order valence-electron chi connectivity index (χ4n) is 2.61. The fraction of sp³-hybridized carbons (Fsp3) is 0.360. The first-order chi connectivity index (χ1) is 14.6. The van der Waals surface area contributed by atoms with E-state index in [9.17, 15) is 4.79 Å². The summed E-state index contributed by atoms with van der Waals surface area (Å²) in [6, 6.07) is 13.4. The molecule has 0 aromatic heterocycles. The summed E-state index contributed by atoms with van der Waals surface area (Å²) in [6.07, 6.45) is 5.26. The summed E-state index contributed by atoms with van der Waals surface area (Å²) in [5.41, 5.74) is 1.83. The van der Waals surface area contributed by atoms with E-state index in [0.29, 0.717) is 18.0 Å². The van der Waals surface area contributed by atoms with Crippen LogP contribution in [0.1, 0.15) is 31.9 Å². The van der Waals surface area contributed by atoms with Crippen molar-refractivity contribution in [2.45, 2.75) is 38.9 Å². The highest BCUT2D eigenvalue weighted by molar-refractivity contribution is 6.74. The molecule has 1 amide bonds. The Morgan fingerprint density at radius 3 is 2.32 bits per heavy atom. The van der Waals surface area contributed by atoms with E-state index in [1.165, 1.54) is 6.08 Å². The number of para-hydroxylation sites is 1. The van der Waals surface area contributed by atoms with Crippen molar-refractivity contribution in [2.24, 2.45) is 0 Å². The van der Waals surface area contributed by atoms with E-state index in [-0.39, 0.29) is 10.9 Å². The second-order valence-electron chi connectivity index (χ2n) is 8.80. The Morgan fingerprint density at radius 2 is 1.68 bits per heavy atom. The van der Waals surface area contributed by atoms with Crippen LogP contribution in [0, 0.1) is 6.42 Å². The first-order valence-corrected chi connectivity index (χ1v) is 13.3. The summed E-state index contributed by atoms with van der Waals surface area (Å²) in [7, 11) is 1.23. The highest BCUT2D eigenvalue weighted by Gasteiger charge is 2.39. The highest BCUT2D eigenvalue weighted by atomic mass is 28.4. The monoisotopic (exact) mass is 440 g/mol. The van der Waals surface area contributed by atoms with Crippen molar-refractivity contribution >= 4 is 20.3 Å². The maximum absolute atomic E-state index is 12.3. The van der Waals surface area contributed by atoms with Crippen molar-refractivity contribution in [3.63, 3.8) is 0 Å². The number of benzene rings is 2. The molecule has 0 saturated carbocycles. The van der Waals surface area contributed by atoms with E-state index >= 15 is 0 Å². The number of rotatable bonds is 9. The number of amides is 1. The van der Waals surface area contributed by atoms with E-state index in [1.54, 1.807) is 20.3 Å². The summed E-state index contributed by atoms with van der Waals surface area (Å²) in [5, 5.41) is 2.97. The zero-order chi connectivity index (χ0) is 23.1. The van der Waals surface area contributed by atoms with Crippen molar-refractivity contribution in [1.29, 1.82) is 0 Å². The van der Waals surface area contributed by atoms with Gasteiger partial charge in [0.25, 0.3) is 8.32 Å². The Morgan fingerprint density at radius 1 is 1.00 bits per heavy atom. The molecule has 0 aliphatic rings. The maximum atomic E-state index is 12.3. The molecule has 0 bridgehead atoms. The normalized spacial score (nSPS) is 12.0. The summed E-state index contributed by atoms with van der Waals surface area (Å²) >= 11 is 0. The number of carbonyl (C=O) groups excluding carboxylic acids is 1. The molecule has 2 aromatic carbocycles. The average Bonchev–Trinajstić information content (AvgIpc) is 2.72. The van der Waals surface area contributed by atoms with E-state index in [0.717, 1.165) is 16.9 Å². The van der Waals surface area contributed by atoms with Gasteiger partial charge in [-0.15, -0.1) is 0 Å². The predicted molar refractivity (Wildman–Crippen MR) is 129 cm³/mol. The number of carbonyl (C=O) groups is 1. The van der Waals surface area contributed by atoms with E-state index in [4.69, 9.17) is 13.9 Å². The van der Waals surface area contributed by atoms with Crippen molar-refractivity contribution in [3.05, 3.63) is 66.1 Å². The van der Waals surface area contributed by atoms with Crippen LogP contribution in [0.3, 0.4) is 0 Å². The van der Waals surface area contributed by atoms with Crippen LogP contribution >= 0.6 is 0 Å². The maximum Gasteiger partial charge on any atom is 0.250 e. The minimum absolute atomic E-state index is 0.0984. The Labute approximate surface area is 187 Å². The van der Waals surface area contributed by atoms with Gasteiger partial charge in [-0.3, -0.25) is 4.79 Å². The first-order valence-electron chi connectivity index (χ1n) is 10.4. The third-order valence-electron chi connectivity index (χ3n) is 5.53.